The van der Waals surface area contributed by atoms with Crippen LogP contribution in [0.4, 0.5) is 17.6 Å². The van der Waals surface area contributed by atoms with Crippen molar-refractivity contribution in [3.63, 3.8) is 0 Å². The smallest absolute Gasteiger partial charge is 0.289 e. The molecule has 0 bridgehead atoms. The maximum absolute atomic E-state index is 13.3. The van der Waals surface area contributed by atoms with Crippen LogP contribution in [0.3, 0.4) is 0 Å². The highest BCUT2D eigenvalue weighted by atomic mass is 35.5. The summed E-state index contributed by atoms with van der Waals surface area (Å²) in [4.78, 5) is 12.2. The van der Waals surface area contributed by atoms with Gasteiger partial charge in [-0.15, -0.1) is 0 Å². The molecule has 2 nitrogen and oxygen atoms in total. The first kappa shape index (κ1) is 19.0. The zero-order valence-corrected chi connectivity index (χ0v) is 13.7. The molecule has 2 rings (SSSR count). The number of rotatable bonds is 3. The molecule has 128 valence electrons. The van der Waals surface area contributed by atoms with Crippen molar-refractivity contribution in [1.29, 1.82) is 5.26 Å². The van der Waals surface area contributed by atoms with Gasteiger partial charge in [-0.1, -0.05) is 23.2 Å². The van der Waals surface area contributed by atoms with Crippen LogP contribution >= 0.6 is 23.2 Å². The maximum Gasteiger partial charge on any atom is 0.417 e. The Balaban J connectivity index is 2.55. The first-order valence-corrected chi connectivity index (χ1v) is 7.36. The van der Waals surface area contributed by atoms with Gasteiger partial charge in [0.2, 0.25) is 0 Å². The van der Waals surface area contributed by atoms with E-state index in [1.807, 2.05) is 0 Å². The summed E-state index contributed by atoms with van der Waals surface area (Å²) >= 11 is 11.4. The predicted molar refractivity (Wildman–Crippen MR) is 85.9 cm³/mol. The lowest BCUT2D eigenvalue weighted by molar-refractivity contribution is -0.0689. The summed E-state index contributed by atoms with van der Waals surface area (Å²) in [6.45, 7) is 0. The SMILES string of the molecule is N#Cc1cc(C(=O)/C=C(\c2cc(Cl)cc(Cl)c2)C(F)(F)F)ccc1F. The number of hydrogen-bond acceptors (Lipinski definition) is 2. The van der Waals surface area contributed by atoms with Crippen molar-refractivity contribution >= 4 is 34.6 Å². The molecule has 0 spiro atoms. The van der Waals surface area contributed by atoms with Crippen LogP contribution in [0.5, 0.6) is 0 Å². The van der Waals surface area contributed by atoms with E-state index >= 15 is 0 Å². The summed E-state index contributed by atoms with van der Waals surface area (Å²) in [7, 11) is 0. The third kappa shape index (κ3) is 4.59. The molecule has 0 aliphatic heterocycles. The van der Waals surface area contributed by atoms with Crippen molar-refractivity contribution in [3.05, 3.63) is 75.0 Å². The minimum absolute atomic E-state index is 0.0290. The molecule has 0 unspecified atom stereocenters. The fraction of sp³-hybridized carbons (Fsp3) is 0.0588. The molecule has 0 aliphatic rings. The molecular formula is C17H7Cl2F4NO. The molecule has 0 radical (unpaired) electrons. The summed E-state index contributed by atoms with van der Waals surface area (Å²) in [6, 6.07) is 7.52. The van der Waals surface area contributed by atoms with Gasteiger partial charge in [0, 0.05) is 15.6 Å². The Hall–Kier alpha value is -2.36. The Morgan fingerprint density at radius 2 is 1.64 bits per heavy atom. The van der Waals surface area contributed by atoms with Gasteiger partial charge in [-0.25, -0.2) is 4.39 Å². The fourth-order valence-corrected chi connectivity index (χ4v) is 2.54. The van der Waals surface area contributed by atoms with Gasteiger partial charge >= 0.3 is 6.18 Å². The van der Waals surface area contributed by atoms with E-state index in [0.29, 0.717) is 6.08 Å². The molecule has 0 saturated carbocycles. The van der Waals surface area contributed by atoms with Gasteiger partial charge in [0.1, 0.15) is 11.9 Å². The highest BCUT2D eigenvalue weighted by Gasteiger charge is 2.35. The average molecular weight is 388 g/mol. The number of benzene rings is 2. The third-order valence-electron chi connectivity index (χ3n) is 3.13. The van der Waals surface area contributed by atoms with E-state index in [-0.39, 0.29) is 21.2 Å². The standard InChI is InChI=1S/C17H7Cl2F4NO/c18-12-4-10(5-13(19)6-12)14(17(21,22)23)7-16(25)9-1-2-15(20)11(3-9)8-24/h1-7H/b14-7+. The van der Waals surface area contributed by atoms with E-state index in [0.717, 1.165) is 30.3 Å². The van der Waals surface area contributed by atoms with Crippen LogP contribution in [0.25, 0.3) is 5.57 Å². The molecule has 2 aromatic carbocycles. The summed E-state index contributed by atoms with van der Waals surface area (Å²) in [5.74, 6) is -1.92. The normalized spacial score (nSPS) is 12.0. The summed E-state index contributed by atoms with van der Waals surface area (Å²) < 4.78 is 53.3. The van der Waals surface area contributed by atoms with Gasteiger partial charge in [0.25, 0.3) is 0 Å². The second-order valence-corrected chi connectivity index (χ2v) is 5.76. The Morgan fingerprint density at radius 1 is 1.04 bits per heavy atom. The zero-order valence-electron chi connectivity index (χ0n) is 12.2. The van der Waals surface area contributed by atoms with Crippen molar-refractivity contribution in [2.75, 3.05) is 0 Å². The third-order valence-corrected chi connectivity index (χ3v) is 3.56. The first-order valence-electron chi connectivity index (χ1n) is 6.61. The van der Waals surface area contributed by atoms with Gasteiger partial charge < -0.3 is 0 Å². The number of hydrogen-bond donors (Lipinski definition) is 0. The van der Waals surface area contributed by atoms with Crippen LogP contribution in [0.15, 0.2) is 42.5 Å². The van der Waals surface area contributed by atoms with E-state index in [1.54, 1.807) is 0 Å². The molecule has 0 fully saturated rings. The van der Waals surface area contributed by atoms with Gasteiger partial charge in [0.05, 0.1) is 11.1 Å². The monoisotopic (exact) mass is 387 g/mol. The van der Waals surface area contributed by atoms with E-state index in [4.69, 9.17) is 28.5 Å². The molecule has 0 amide bonds. The van der Waals surface area contributed by atoms with Crippen molar-refractivity contribution < 1.29 is 22.4 Å². The van der Waals surface area contributed by atoms with Crippen LogP contribution in [0.1, 0.15) is 21.5 Å². The number of ketones is 1. The predicted octanol–water partition coefficient (Wildman–Crippen LogP) is 5.83. The molecule has 0 aliphatic carbocycles. The van der Waals surface area contributed by atoms with Crippen LogP contribution in [-0.4, -0.2) is 12.0 Å². The Morgan fingerprint density at radius 3 is 2.16 bits per heavy atom. The Bertz CT molecular complexity index is 894. The van der Waals surface area contributed by atoms with Crippen molar-refractivity contribution in [2.45, 2.75) is 6.18 Å². The largest absolute Gasteiger partial charge is 0.417 e. The highest BCUT2D eigenvalue weighted by molar-refractivity contribution is 6.35. The quantitative estimate of drug-likeness (QED) is 0.377. The summed E-state index contributed by atoms with van der Waals surface area (Å²) in [5.41, 5.74) is -2.35. The molecule has 8 heteroatoms. The second-order valence-electron chi connectivity index (χ2n) is 4.88. The lowest BCUT2D eigenvalue weighted by atomic mass is 10.0. The minimum Gasteiger partial charge on any atom is -0.289 e. The number of nitrogens with zero attached hydrogens (tertiary/aromatic N) is 1. The molecular weight excluding hydrogens is 381 g/mol. The highest BCUT2D eigenvalue weighted by Crippen LogP contribution is 2.36. The van der Waals surface area contributed by atoms with Gasteiger partial charge in [-0.05, 0) is 48.0 Å². The van der Waals surface area contributed by atoms with Crippen LogP contribution in [0.2, 0.25) is 10.0 Å². The van der Waals surface area contributed by atoms with E-state index < -0.39 is 28.9 Å². The summed E-state index contributed by atoms with van der Waals surface area (Å²) in [5, 5.41) is 8.69. The van der Waals surface area contributed by atoms with Gasteiger partial charge in [-0.2, -0.15) is 18.4 Å². The lowest BCUT2D eigenvalue weighted by Crippen LogP contribution is -2.13. The number of halogens is 6. The maximum atomic E-state index is 13.3. The number of alkyl halides is 3. The number of carbonyl (C=O) groups is 1. The molecule has 2 aromatic rings. The Kier molecular flexibility index (Phi) is 5.51. The average Bonchev–Trinajstić information content (AvgIpc) is 2.50. The number of carbonyl (C=O) groups excluding carboxylic acids is 1. The van der Waals surface area contributed by atoms with E-state index in [2.05, 4.69) is 0 Å². The lowest BCUT2D eigenvalue weighted by Gasteiger charge is -2.13. The molecule has 0 aromatic heterocycles. The first-order chi connectivity index (χ1) is 11.6. The molecule has 0 atom stereocenters. The van der Waals surface area contributed by atoms with Gasteiger partial charge in [0.15, 0.2) is 5.78 Å². The van der Waals surface area contributed by atoms with Crippen molar-refractivity contribution in [3.8, 4) is 6.07 Å². The van der Waals surface area contributed by atoms with E-state index in [9.17, 15) is 22.4 Å². The second kappa shape index (κ2) is 7.26. The Labute approximate surface area is 149 Å². The fourth-order valence-electron chi connectivity index (χ4n) is 2.02. The molecule has 25 heavy (non-hydrogen) atoms. The van der Waals surface area contributed by atoms with Crippen molar-refractivity contribution in [2.24, 2.45) is 0 Å². The van der Waals surface area contributed by atoms with Gasteiger partial charge in [-0.3, -0.25) is 4.79 Å². The van der Waals surface area contributed by atoms with Crippen LogP contribution in [0, 0.1) is 17.1 Å². The number of nitriles is 1. The zero-order chi connectivity index (χ0) is 18.8. The topological polar surface area (TPSA) is 40.9 Å². The summed E-state index contributed by atoms with van der Waals surface area (Å²) in [6.07, 6.45) is -4.50. The molecule has 0 saturated heterocycles. The minimum atomic E-state index is -4.86. The van der Waals surface area contributed by atoms with Crippen molar-refractivity contribution in [1.82, 2.24) is 0 Å². The van der Waals surface area contributed by atoms with E-state index in [1.165, 1.54) is 12.1 Å². The number of allylic oxidation sites excluding steroid dienone is 2. The molecule has 0 heterocycles. The van der Waals surface area contributed by atoms with Crippen LogP contribution in [-0.2, 0) is 0 Å². The van der Waals surface area contributed by atoms with Crippen LogP contribution < -0.4 is 0 Å². The molecule has 0 N–H and O–H groups in total.